The first-order chi connectivity index (χ1) is 10.8. The minimum absolute atomic E-state index is 0. The van der Waals surface area contributed by atoms with Crippen molar-refractivity contribution in [2.45, 2.75) is 25.9 Å². The summed E-state index contributed by atoms with van der Waals surface area (Å²) < 4.78 is 11.3. The first kappa shape index (κ1) is 21.5. The third kappa shape index (κ3) is 5.78. The summed E-state index contributed by atoms with van der Waals surface area (Å²) in [5.41, 5.74) is 1.54. The van der Waals surface area contributed by atoms with E-state index in [0.717, 1.165) is 25.4 Å². The van der Waals surface area contributed by atoms with Crippen molar-refractivity contribution in [2.75, 3.05) is 46.4 Å². The predicted octanol–water partition coefficient (Wildman–Crippen LogP) is 3.13. The zero-order chi connectivity index (χ0) is 15.3. The maximum Gasteiger partial charge on any atom is 0.119 e. The molecule has 6 heteroatoms. The Labute approximate surface area is 158 Å². The maximum absolute atomic E-state index is 6.14. The van der Waals surface area contributed by atoms with E-state index in [4.69, 9.17) is 9.47 Å². The van der Waals surface area contributed by atoms with E-state index in [2.05, 4.69) is 28.4 Å². The zero-order valence-electron chi connectivity index (χ0n) is 14.5. The summed E-state index contributed by atoms with van der Waals surface area (Å²) >= 11 is 0. The van der Waals surface area contributed by atoms with Gasteiger partial charge in [-0.05, 0) is 30.5 Å². The highest BCUT2D eigenvalue weighted by Gasteiger charge is 2.39. The lowest BCUT2D eigenvalue weighted by Crippen LogP contribution is -2.51. The predicted molar refractivity (Wildman–Crippen MR) is 103 cm³/mol. The lowest BCUT2D eigenvalue weighted by molar-refractivity contribution is 0.0143. The lowest BCUT2D eigenvalue weighted by Gasteiger charge is -2.45. The van der Waals surface area contributed by atoms with E-state index in [0.29, 0.717) is 12.0 Å². The zero-order valence-corrected chi connectivity index (χ0v) is 16.1. The fourth-order valence-electron chi connectivity index (χ4n) is 3.50. The first-order valence-corrected chi connectivity index (χ1v) is 8.43. The molecule has 0 bridgehead atoms. The van der Waals surface area contributed by atoms with Gasteiger partial charge in [0.2, 0.25) is 0 Å². The normalized spacial score (nSPS) is 19.5. The molecule has 138 valence electrons. The average molecular weight is 377 g/mol. The summed E-state index contributed by atoms with van der Waals surface area (Å²) in [4.78, 5) is 2.60. The van der Waals surface area contributed by atoms with Crippen LogP contribution in [0.3, 0.4) is 0 Å². The molecule has 1 aliphatic heterocycles. The summed E-state index contributed by atoms with van der Waals surface area (Å²) in [5.74, 6) is 0.973. The highest BCUT2D eigenvalue weighted by molar-refractivity contribution is 5.85. The lowest BCUT2D eigenvalue weighted by atomic mass is 9.69. The molecule has 24 heavy (non-hydrogen) atoms. The van der Waals surface area contributed by atoms with Gasteiger partial charge in [0.1, 0.15) is 5.75 Å². The molecule has 0 radical (unpaired) electrons. The van der Waals surface area contributed by atoms with Crippen molar-refractivity contribution in [1.82, 2.24) is 10.2 Å². The number of nitrogens with zero attached hydrogens (tertiary/aromatic N) is 1. The number of piperazine rings is 1. The average Bonchev–Trinajstić information content (AvgIpc) is 2.52. The van der Waals surface area contributed by atoms with E-state index < -0.39 is 0 Å². The van der Waals surface area contributed by atoms with Gasteiger partial charge in [-0.2, -0.15) is 0 Å². The van der Waals surface area contributed by atoms with E-state index in [1.165, 1.54) is 44.5 Å². The molecule has 2 aliphatic rings. The highest BCUT2D eigenvalue weighted by atomic mass is 35.5. The molecule has 1 aromatic carbocycles. The van der Waals surface area contributed by atoms with E-state index in [1.54, 1.807) is 7.11 Å². The van der Waals surface area contributed by atoms with Gasteiger partial charge in [-0.25, -0.2) is 0 Å². The molecule has 0 aromatic heterocycles. The van der Waals surface area contributed by atoms with Crippen LogP contribution in [0.5, 0.6) is 5.75 Å². The van der Waals surface area contributed by atoms with Crippen LogP contribution in [0.25, 0.3) is 0 Å². The van der Waals surface area contributed by atoms with Crippen molar-refractivity contribution in [3.63, 3.8) is 0 Å². The molecule has 1 aliphatic carbocycles. The van der Waals surface area contributed by atoms with Crippen LogP contribution in [-0.2, 0) is 11.3 Å². The van der Waals surface area contributed by atoms with E-state index >= 15 is 0 Å². The van der Waals surface area contributed by atoms with Gasteiger partial charge in [-0.3, -0.25) is 0 Å². The van der Waals surface area contributed by atoms with Gasteiger partial charge in [-0.15, -0.1) is 24.8 Å². The Morgan fingerprint density at radius 3 is 2.54 bits per heavy atom. The number of methoxy groups -OCH3 is 1. The smallest absolute Gasteiger partial charge is 0.119 e. The summed E-state index contributed by atoms with van der Waals surface area (Å²) in [6.07, 6.45) is 3.95. The molecule has 1 saturated heterocycles. The molecule has 1 aromatic rings. The molecule has 4 nitrogen and oxygen atoms in total. The molecule has 0 spiro atoms. The van der Waals surface area contributed by atoms with Gasteiger partial charge in [0.15, 0.2) is 0 Å². The molecule has 1 heterocycles. The van der Waals surface area contributed by atoms with Crippen molar-refractivity contribution in [1.29, 1.82) is 0 Å². The molecule has 1 N–H and O–H groups in total. The molecule has 1 saturated carbocycles. The number of ether oxygens (including phenoxy) is 2. The highest BCUT2D eigenvalue weighted by Crippen LogP contribution is 2.42. The number of nitrogens with one attached hydrogen (secondary N) is 1. The fourth-order valence-corrected chi connectivity index (χ4v) is 3.50. The van der Waals surface area contributed by atoms with Gasteiger partial charge >= 0.3 is 0 Å². The third-order valence-corrected chi connectivity index (χ3v) is 4.94. The quantitative estimate of drug-likeness (QED) is 0.792. The van der Waals surface area contributed by atoms with Crippen molar-refractivity contribution in [3.8, 4) is 5.75 Å². The molecular weight excluding hydrogens is 347 g/mol. The molecule has 2 fully saturated rings. The van der Waals surface area contributed by atoms with Gasteiger partial charge in [0.25, 0.3) is 0 Å². The second-order valence-corrected chi connectivity index (χ2v) is 6.75. The SMILES string of the molecule is COCc1cccc(OCC2(CN3CCNCC3)CCC2)c1.Cl.Cl. The van der Waals surface area contributed by atoms with Crippen LogP contribution in [0.15, 0.2) is 24.3 Å². The van der Waals surface area contributed by atoms with Gasteiger partial charge < -0.3 is 19.7 Å². The number of benzene rings is 1. The van der Waals surface area contributed by atoms with Crippen LogP contribution >= 0.6 is 24.8 Å². The maximum atomic E-state index is 6.14. The molecular formula is C18H30Cl2N2O2. The Morgan fingerprint density at radius 1 is 1.17 bits per heavy atom. The number of hydrogen-bond acceptors (Lipinski definition) is 4. The number of rotatable bonds is 7. The van der Waals surface area contributed by atoms with Crippen LogP contribution in [0.1, 0.15) is 24.8 Å². The standard InChI is InChI=1S/C18H28N2O2.2ClH/c1-21-13-16-4-2-5-17(12-16)22-15-18(6-3-7-18)14-20-10-8-19-9-11-20;;/h2,4-5,12,19H,3,6-11,13-15H2,1H3;2*1H. The van der Waals surface area contributed by atoms with Gasteiger partial charge in [-0.1, -0.05) is 18.6 Å². The molecule has 0 unspecified atom stereocenters. The van der Waals surface area contributed by atoms with Crippen LogP contribution < -0.4 is 10.1 Å². The third-order valence-electron chi connectivity index (χ3n) is 4.94. The topological polar surface area (TPSA) is 33.7 Å². The first-order valence-electron chi connectivity index (χ1n) is 8.43. The number of hydrogen-bond donors (Lipinski definition) is 1. The molecule has 0 atom stereocenters. The Balaban J connectivity index is 0.00000144. The van der Waals surface area contributed by atoms with Crippen molar-refractivity contribution in [2.24, 2.45) is 5.41 Å². The fraction of sp³-hybridized carbons (Fsp3) is 0.667. The Bertz CT molecular complexity index is 478. The van der Waals surface area contributed by atoms with Crippen molar-refractivity contribution < 1.29 is 9.47 Å². The summed E-state index contributed by atoms with van der Waals surface area (Å²) in [7, 11) is 1.73. The summed E-state index contributed by atoms with van der Waals surface area (Å²) in [5, 5.41) is 3.43. The largest absolute Gasteiger partial charge is 0.493 e. The second kappa shape index (κ2) is 10.5. The second-order valence-electron chi connectivity index (χ2n) is 6.75. The summed E-state index contributed by atoms with van der Waals surface area (Å²) in [6.45, 7) is 7.26. The monoisotopic (exact) mass is 376 g/mol. The Morgan fingerprint density at radius 2 is 1.92 bits per heavy atom. The van der Waals surface area contributed by atoms with Gasteiger partial charge in [0.05, 0.1) is 13.2 Å². The van der Waals surface area contributed by atoms with Crippen LogP contribution in [-0.4, -0.2) is 51.3 Å². The summed E-state index contributed by atoms with van der Waals surface area (Å²) in [6, 6.07) is 8.28. The van der Waals surface area contributed by atoms with E-state index in [-0.39, 0.29) is 24.8 Å². The van der Waals surface area contributed by atoms with Crippen LogP contribution in [0.2, 0.25) is 0 Å². The molecule has 0 amide bonds. The Kier molecular flexibility index (Phi) is 9.39. The number of halogens is 2. The molecule has 3 rings (SSSR count). The van der Waals surface area contributed by atoms with Crippen molar-refractivity contribution in [3.05, 3.63) is 29.8 Å². The minimum Gasteiger partial charge on any atom is -0.493 e. The van der Waals surface area contributed by atoms with Crippen LogP contribution in [0.4, 0.5) is 0 Å². The minimum atomic E-state index is 0. The van der Waals surface area contributed by atoms with E-state index in [1.807, 2.05) is 6.07 Å². The van der Waals surface area contributed by atoms with Gasteiger partial charge in [0, 0.05) is 45.2 Å². The van der Waals surface area contributed by atoms with Crippen molar-refractivity contribution >= 4 is 24.8 Å². The van der Waals surface area contributed by atoms with E-state index in [9.17, 15) is 0 Å². The van der Waals surface area contributed by atoms with Crippen LogP contribution in [0, 0.1) is 5.41 Å². The Hall–Kier alpha value is -0.520.